The minimum Gasteiger partial charge on any atom is -0.491 e. The molecule has 0 aliphatic heterocycles. The highest BCUT2D eigenvalue weighted by Crippen LogP contribution is 2.22. The largest absolute Gasteiger partial charge is 0.491 e. The maximum absolute atomic E-state index is 5.65. The van der Waals surface area contributed by atoms with Crippen LogP contribution < -0.4 is 10.1 Å². The fourth-order valence-electron chi connectivity index (χ4n) is 1.78. The SMILES string of the molecule is Cc1cc(OC(C)C)ccc1NCc1ccco1. The van der Waals surface area contributed by atoms with Gasteiger partial charge in [-0.2, -0.15) is 0 Å². The summed E-state index contributed by atoms with van der Waals surface area (Å²) in [7, 11) is 0. The molecule has 0 bridgehead atoms. The molecular weight excluding hydrogens is 226 g/mol. The van der Waals surface area contributed by atoms with Crippen molar-refractivity contribution in [1.82, 2.24) is 0 Å². The maximum Gasteiger partial charge on any atom is 0.122 e. The fraction of sp³-hybridized carbons (Fsp3) is 0.333. The van der Waals surface area contributed by atoms with Gasteiger partial charge in [0, 0.05) is 5.69 Å². The maximum atomic E-state index is 5.65. The highest BCUT2D eigenvalue weighted by atomic mass is 16.5. The molecule has 18 heavy (non-hydrogen) atoms. The van der Waals surface area contributed by atoms with Crippen LogP contribution in [0.1, 0.15) is 25.2 Å². The first kappa shape index (κ1) is 12.6. The van der Waals surface area contributed by atoms with Crippen molar-refractivity contribution in [2.45, 2.75) is 33.4 Å². The quantitative estimate of drug-likeness (QED) is 0.865. The number of nitrogens with one attached hydrogen (secondary N) is 1. The van der Waals surface area contributed by atoms with Crippen LogP contribution in [0.15, 0.2) is 41.0 Å². The molecule has 0 atom stereocenters. The Morgan fingerprint density at radius 1 is 1.28 bits per heavy atom. The summed E-state index contributed by atoms with van der Waals surface area (Å²) in [6.07, 6.45) is 1.88. The van der Waals surface area contributed by atoms with Gasteiger partial charge in [-0.25, -0.2) is 0 Å². The summed E-state index contributed by atoms with van der Waals surface area (Å²) in [5.41, 5.74) is 2.27. The molecule has 0 spiro atoms. The molecule has 1 heterocycles. The molecule has 2 rings (SSSR count). The summed E-state index contributed by atoms with van der Waals surface area (Å²) in [4.78, 5) is 0. The lowest BCUT2D eigenvalue weighted by Gasteiger charge is -2.13. The molecule has 3 heteroatoms. The van der Waals surface area contributed by atoms with Gasteiger partial charge in [-0.3, -0.25) is 0 Å². The van der Waals surface area contributed by atoms with E-state index in [0.717, 1.165) is 17.2 Å². The molecule has 0 fully saturated rings. The first-order valence-electron chi connectivity index (χ1n) is 6.18. The molecule has 0 unspecified atom stereocenters. The molecule has 1 aromatic carbocycles. The Hall–Kier alpha value is -1.90. The van der Waals surface area contributed by atoms with E-state index in [1.165, 1.54) is 5.56 Å². The minimum absolute atomic E-state index is 0.200. The Bertz CT molecular complexity index is 489. The van der Waals surface area contributed by atoms with Gasteiger partial charge in [-0.1, -0.05) is 0 Å². The Morgan fingerprint density at radius 3 is 2.72 bits per heavy atom. The Balaban J connectivity index is 2.01. The summed E-state index contributed by atoms with van der Waals surface area (Å²) >= 11 is 0. The van der Waals surface area contributed by atoms with Crippen molar-refractivity contribution in [3.8, 4) is 5.75 Å². The zero-order valence-electron chi connectivity index (χ0n) is 11.1. The molecule has 0 saturated carbocycles. The second-order valence-electron chi connectivity index (χ2n) is 4.58. The van der Waals surface area contributed by atoms with Gasteiger partial charge in [0.25, 0.3) is 0 Å². The summed E-state index contributed by atoms with van der Waals surface area (Å²) < 4.78 is 10.9. The number of rotatable bonds is 5. The number of furan rings is 1. The molecular formula is C15H19NO2. The average molecular weight is 245 g/mol. The third kappa shape index (κ3) is 3.29. The van der Waals surface area contributed by atoms with E-state index in [9.17, 15) is 0 Å². The van der Waals surface area contributed by atoms with Crippen molar-refractivity contribution in [2.75, 3.05) is 5.32 Å². The van der Waals surface area contributed by atoms with Crippen LogP contribution >= 0.6 is 0 Å². The smallest absolute Gasteiger partial charge is 0.122 e. The van der Waals surface area contributed by atoms with E-state index in [2.05, 4.69) is 12.2 Å². The van der Waals surface area contributed by atoms with E-state index in [0.29, 0.717) is 6.54 Å². The van der Waals surface area contributed by atoms with Crippen LogP contribution in [0.2, 0.25) is 0 Å². The summed E-state index contributed by atoms with van der Waals surface area (Å²) in [6.45, 7) is 6.81. The predicted molar refractivity (Wildman–Crippen MR) is 73.0 cm³/mol. The van der Waals surface area contributed by atoms with Gasteiger partial charge in [0.2, 0.25) is 0 Å². The van der Waals surface area contributed by atoms with E-state index in [1.807, 2.05) is 44.2 Å². The fourth-order valence-corrected chi connectivity index (χ4v) is 1.78. The Morgan fingerprint density at radius 2 is 2.11 bits per heavy atom. The lowest BCUT2D eigenvalue weighted by molar-refractivity contribution is 0.242. The van der Waals surface area contributed by atoms with Crippen molar-refractivity contribution >= 4 is 5.69 Å². The second kappa shape index (κ2) is 5.63. The van der Waals surface area contributed by atoms with Gasteiger partial charge < -0.3 is 14.5 Å². The number of hydrogen-bond donors (Lipinski definition) is 1. The van der Waals surface area contributed by atoms with Crippen molar-refractivity contribution in [2.24, 2.45) is 0 Å². The number of anilines is 1. The van der Waals surface area contributed by atoms with Crippen molar-refractivity contribution in [3.05, 3.63) is 47.9 Å². The molecule has 0 amide bonds. The second-order valence-corrected chi connectivity index (χ2v) is 4.58. The molecule has 1 N–H and O–H groups in total. The Kier molecular flexibility index (Phi) is 3.92. The van der Waals surface area contributed by atoms with Gasteiger partial charge in [0.15, 0.2) is 0 Å². The third-order valence-corrected chi connectivity index (χ3v) is 2.60. The van der Waals surface area contributed by atoms with E-state index < -0.39 is 0 Å². The standard InChI is InChI=1S/C15H19NO2/c1-11(2)18-13-6-7-15(12(3)9-13)16-10-14-5-4-8-17-14/h4-9,11,16H,10H2,1-3H3. The van der Waals surface area contributed by atoms with Crippen LogP contribution in [0.4, 0.5) is 5.69 Å². The molecule has 3 nitrogen and oxygen atoms in total. The van der Waals surface area contributed by atoms with Gasteiger partial charge in [0.05, 0.1) is 18.9 Å². The zero-order chi connectivity index (χ0) is 13.0. The molecule has 2 aromatic rings. The van der Waals surface area contributed by atoms with Crippen molar-refractivity contribution < 1.29 is 9.15 Å². The lowest BCUT2D eigenvalue weighted by atomic mass is 10.2. The van der Waals surface area contributed by atoms with Gasteiger partial charge in [0.1, 0.15) is 11.5 Å². The average Bonchev–Trinajstić information content (AvgIpc) is 2.80. The van der Waals surface area contributed by atoms with Crippen LogP contribution in [-0.4, -0.2) is 6.10 Å². The van der Waals surface area contributed by atoms with Gasteiger partial charge >= 0.3 is 0 Å². The van der Waals surface area contributed by atoms with Crippen LogP contribution in [-0.2, 0) is 6.54 Å². The summed E-state index contributed by atoms with van der Waals surface area (Å²) in [6, 6.07) is 9.92. The van der Waals surface area contributed by atoms with Crippen molar-refractivity contribution in [1.29, 1.82) is 0 Å². The summed E-state index contributed by atoms with van der Waals surface area (Å²) in [5, 5.41) is 3.35. The van der Waals surface area contributed by atoms with E-state index >= 15 is 0 Å². The van der Waals surface area contributed by atoms with Gasteiger partial charge in [-0.15, -0.1) is 0 Å². The molecule has 1 aromatic heterocycles. The first-order chi connectivity index (χ1) is 8.65. The highest BCUT2D eigenvalue weighted by Gasteiger charge is 2.03. The van der Waals surface area contributed by atoms with E-state index in [1.54, 1.807) is 6.26 Å². The molecule has 96 valence electrons. The molecule has 0 saturated heterocycles. The lowest BCUT2D eigenvalue weighted by Crippen LogP contribution is -2.06. The van der Waals surface area contributed by atoms with Crippen molar-refractivity contribution in [3.63, 3.8) is 0 Å². The molecule has 0 aliphatic carbocycles. The Labute approximate surface area is 108 Å². The first-order valence-corrected chi connectivity index (χ1v) is 6.18. The minimum atomic E-state index is 0.200. The van der Waals surface area contributed by atoms with E-state index in [4.69, 9.17) is 9.15 Å². The van der Waals surface area contributed by atoms with Crippen LogP contribution in [0.5, 0.6) is 5.75 Å². The topological polar surface area (TPSA) is 34.4 Å². The van der Waals surface area contributed by atoms with Crippen LogP contribution in [0.3, 0.4) is 0 Å². The predicted octanol–water partition coefficient (Wildman–Crippen LogP) is 3.99. The summed E-state index contributed by atoms with van der Waals surface area (Å²) in [5.74, 6) is 1.84. The van der Waals surface area contributed by atoms with Crippen LogP contribution in [0, 0.1) is 6.92 Å². The van der Waals surface area contributed by atoms with Crippen LogP contribution in [0.25, 0.3) is 0 Å². The normalized spacial score (nSPS) is 10.7. The number of hydrogen-bond acceptors (Lipinski definition) is 3. The van der Waals surface area contributed by atoms with Gasteiger partial charge in [-0.05, 0) is 56.7 Å². The molecule has 0 aliphatic rings. The third-order valence-electron chi connectivity index (χ3n) is 2.60. The van der Waals surface area contributed by atoms with E-state index in [-0.39, 0.29) is 6.10 Å². The highest BCUT2D eigenvalue weighted by molar-refractivity contribution is 5.53. The molecule has 0 radical (unpaired) electrons. The monoisotopic (exact) mass is 245 g/mol. The number of aryl methyl sites for hydroxylation is 1. The number of ether oxygens (including phenoxy) is 1. The number of benzene rings is 1. The zero-order valence-corrected chi connectivity index (χ0v) is 11.1.